The third-order valence-electron chi connectivity index (χ3n) is 2.73. The first kappa shape index (κ1) is 11.9. The fourth-order valence-corrected chi connectivity index (χ4v) is 1.86. The van der Waals surface area contributed by atoms with Gasteiger partial charge in [0.2, 0.25) is 0 Å². The number of nitrogens with one attached hydrogen (secondary N) is 1. The molecule has 1 fully saturated rings. The van der Waals surface area contributed by atoms with Gasteiger partial charge in [-0.25, -0.2) is 4.79 Å². The van der Waals surface area contributed by atoms with E-state index in [2.05, 4.69) is 5.32 Å². The largest absolute Gasteiger partial charge is 0.480 e. The Balaban J connectivity index is 2.07. The van der Waals surface area contributed by atoms with E-state index in [4.69, 9.17) is 16.7 Å². The topological polar surface area (TPSA) is 66.4 Å². The van der Waals surface area contributed by atoms with Crippen LogP contribution in [-0.4, -0.2) is 23.0 Å². The van der Waals surface area contributed by atoms with Crippen LogP contribution in [0.4, 0.5) is 0 Å². The molecule has 0 aromatic heterocycles. The first-order chi connectivity index (χ1) is 8.08. The van der Waals surface area contributed by atoms with Crippen LogP contribution in [0.5, 0.6) is 0 Å². The van der Waals surface area contributed by atoms with Gasteiger partial charge in [-0.1, -0.05) is 17.7 Å². The summed E-state index contributed by atoms with van der Waals surface area (Å²) >= 11 is 5.77. The lowest BCUT2D eigenvalue weighted by atomic mass is 10.1. The van der Waals surface area contributed by atoms with Crippen molar-refractivity contribution in [2.24, 2.45) is 5.92 Å². The summed E-state index contributed by atoms with van der Waals surface area (Å²) in [7, 11) is 0. The molecule has 90 valence electrons. The predicted octanol–water partition coefficient (Wildman–Crippen LogP) is 1.93. The average molecular weight is 254 g/mol. The molecule has 0 radical (unpaired) electrons. The number of halogens is 1. The molecule has 0 spiro atoms. The zero-order chi connectivity index (χ0) is 12.4. The molecule has 1 unspecified atom stereocenters. The first-order valence-corrected chi connectivity index (χ1v) is 5.75. The molecule has 1 aromatic rings. The summed E-state index contributed by atoms with van der Waals surface area (Å²) in [6.45, 7) is 0. The number of carbonyl (C=O) groups excluding carboxylic acids is 1. The normalized spacial score (nSPS) is 16.3. The molecule has 0 heterocycles. The van der Waals surface area contributed by atoms with Crippen LogP contribution in [0.2, 0.25) is 5.02 Å². The molecule has 0 saturated heterocycles. The summed E-state index contributed by atoms with van der Waals surface area (Å²) in [4.78, 5) is 22.8. The monoisotopic (exact) mass is 253 g/mol. The van der Waals surface area contributed by atoms with Crippen molar-refractivity contribution in [1.29, 1.82) is 0 Å². The highest BCUT2D eigenvalue weighted by Crippen LogP contribution is 2.32. The third-order valence-corrected chi connectivity index (χ3v) is 2.97. The fraction of sp³-hybridized carbons (Fsp3) is 0.333. The van der Waals surface area contributed by atoms with Gasteiger partial charge < -0.3 is 10.4 Å². The lowest BCUT2D eigenvalue weighted by Crippen LogP contribution is -2.42. The Labute approximate surface area is 104 Å². The highest BCUT2D eigenvalue weighted by molar-refractivity contribution is 6.30. The van der Waals surface area contributed by atoms with E-state index in [0.29, 0.717) is 10.6 Å². The molecule has 2 rings (SSSR count). The van der Waals surface area contributed by atoms with Crippen LogP contribution in [0.3, 0.4) is 0 Å². The van der Waals surface area contributed by atoms with E-state index in [1.54, 1.807) is 18.2 Å². The van der Waals surface area contributed by atoms with E-state index in [9.17, 15) is 9.59 Å². The van der Waals surface area contributed by atoms with Crippen molar-refractivity contribution in [3.05, 3.63) is 34.9 Å². The number of aliphatic carboxylic acids is 1. The van der Waals surface area contributed by atoms with Gasteiger partial charge in [-0.15, -0.1) is 0 Å². The Morgan fingerprint density at radius 3 is 2.65 bits per heavy atom. The molecular formula is C12H12ClNO3. The molecule has 2 N–H and O–H groups in total. The Hall–Kier alpha value is -1.55. The molecule has 1 aliphatic carbocycles. The van der Waals surface area contributed by atoms with Crippen LogP contribution in [0.15, 0.2) is 24.3 Å². The molecule has 1 aliphatic rings. The molecule has 1 aromatic carbocycles. The number of carboxylic acid groups (broad SMARTS) is 1. The first-order valence-electron chi connectivity index (χ1n) is 5.37. The van der Waals surface area contributed by atoms with Gasteiger partial charge in [-0.3, -0.25) is 4.79 Å². The molecule has 4 nitrogen and oxygen atoms in total. The second-order valence-corrected chi connectivity index (χ2v) is 4.57. The standard InChI is InChI=1S/C12H12ClNO3/c13-9-3-1-2-8(6-9)11(15)14-10(12(16)17)7-4-5-7/h1-3,6-7,10H,4-5H2,(H,14,15)(H,16,17). The van der Waals surface area contributed by atoms with Gasteiger partial charge in [0.1, 0.15) is 6.04 Å². The quantitative estimate of drug-likeness (QED) is 0.862. The summed E-state index contributed by atoms with van der Waals surface area (Å²) in [5, 5.41) is 12.0. The van der Waals surface area contributed by atoms with E-state index < -0.39 is 17.9 Å². The van der Waals surface area contributed by atoms with Gasteiger partial charge in [0, 0.05) is 10.6 Å². The maximum absolute atomic E-state index is 11.8. The van der Waals surface area contributed by atoms with Crippen molar-refractivity contribution < 1.29 is 14.7 Å². The summed E-state index contributed by atoms with van der Waals surface area (Å²) in [5.74, 6) is -1.31. The Bertz CT molecular complexity index is 457. The highest BCUT2D eigenvalue weighted by atomic mass is 35.5. The minimum absolute atomic E-state index is 0.0654. The van der Waals surface area contributed by atoms with E-state index in [1.165, 1.54) is 6.07 Å². The van der Waals surface area contributed by atoms with Gasteiger partial charge in [0.05, 0.1) is 0 Å². The van der Waals surface area contributed by atoms with Crippen molar-refractivity contribution in [2.75, 3.05) is 0 Å². The molecule has 1 saturated carbocycles. The minimum atomic E-state index is -0.983. The Kier molecular flexibility index (Phi) is 3.33. The highest BCUT2D eigenvalue weighted by Gasteiger charge is 2.37. The van der Waals surface area contributed by atoms with Gasteiger partial charge in [-0.2, -0.15) is 0 Å². The summed E-state index contributed by atoms with van der Waals surface area (Å²) in [5.41, 5.74) is 0.379. The minimum Gasteiger partial charge on any atom is -0.480 e. The molecule has 1 amide bonds. The van der Waals surface area contributed by atoms with Crippen molar-refractivity contribution in [3.8, 4) is 0 Å². The van der Waals surface area contributed by atoms with Crippen LogP contribution >= 0.6 is 11.6 Å². The fourth-order valence-electron chi connectivity index (χ4n) is 1.67. The molecule has 17 heavy (non-hydrogen) atoms. The molecule has 0 bridgehead atoms. The molecule has 5 heteroatoms. The zero-order valence-electron chi connectivity index (χ0n) is 9.02. The van der Waals surface area contributed by atoms with Crippen molar-refractivity contribution >= 4 is 23.5 Å². The van der Waals surface area contributed by atoms with Crippen LogP contribution in [0.25, 0.3) is 0 Å². The zero-order valence-corrected chi connectivity index (χ0v) is 9.78. The van der Waals surface area contributed by atoms with E-state index in [1.807, 2.05) is 0 Å². The van der Waals surface area contributed by atoms with Crippen LogP contribution in [0, 0.1) is 5.92 Å². The van der Waals surface area contributed by atoms with E-state index in [-0.39, 0.29) is 5.92 Å². The van der Waals surface area contributed by atoms with Crippen molar-refractivity contribution in [3.63, 3.8) is 0 Å². The van der Waals surface area contributed by atoms with Gasteiger partial charge in [0.15, 0.2) is 0 Å². The van der Waals surface area contributed by atoms with Crippen molar-refractivity contribution in [2.45, 2.75) is 18.9 Å². The summed E-state index contributed by atoms with van der Waals surface area (Å²) in [6.07, 6.45) is 1.71. The lowest BCUT2D eigenvalue weighted by molar-refractivity contribution is -0.139. The van der Waals surface area contributed by atoms with Crippen LogP contribution in [0.1, 0.15) is 23.2 Å². The maximum Gasteiger partial charge on any atom is 0.326 e. The van der Waals surface area contributed by atoms with Gasteiger partial charge in [0.25, 0.3) is 5.91 Å². The second-order valence-electron chi connectivity index (χ2n) is 4.14. The smallest absolute Gasteiger partial charge is 0.326 e. The van der Waals surface area contributed by atoms with Crippen molar-refractivity contribution in [1.82, 2.24) is 5.32 Å². The molecular weight excluding hydrogens is 242 g/mol. The summed E-state index contributed by atoms with van der Waals surface area (Å²) < 4.78 is 0. The SMILES string of the molecule is O=C(NC(C(=O)O)C1CC1)c1cccc(Cl)c1. The number of carboxylic acids is 1. The summed E-state index contributed by atoms with van der Waals surface area (Å²) in [6, 6.07) is 5.65. The molecule has 0 aliphatic heterocycles. The number of rotatable bonds is 4. The van der Waals surface area contributed by atoms with Crippen LogP contribution < -0.4 is 5.32 Å². The maximum atomic E-state index is 11.8. The number of carbonyl (C=O) groups is 2. The Morgan fingerprint density at radius 2 is 2.12 bits per heavy atom. The predicted molar refractivity (Wildman–Crippen MR) is 63.1 cm³/mol. The van der Waals surface area contributed by atoms with Crippen LogP contribution in [-0.2, 0) is 4.79 Å². The molecule has 1 atom stereocenters. The van der Waals surface area contributed by atoms with Gasteiger partial charge >= 0.3 is 5.97 Å². The third kappa shape index (κ3) is 2.97. The van der Waals surface area contributed by atoms with Gasteiger partial charge in [-0.05, 0) is 37.0 Å². The number of hydrogen-bond donors (Lipinski definition) is 2. The van der Waals surface area contributed by atoms with E-state index >= 15 is 0 Å². The lowest BCUT2D eigenvalue weighted by Gasteiger charge is -2.13. The second kappa shape index (κ2) is 4.75. The average Bonchev–Trinajstić information content (AvgIpc) is 3.09. The number of hydrogen-bond acceptors (Lipinski definition) is 2. The Morgan fingerprint density at radius 1 is 1.41 bits per heavy atom. The number of amides is 1. The van der Waals surface area contributed by atoms with E-state index in [0.717, 1.165) is 12.8 Å². The number of benzene rings is 1.